The topological polar surface area (TPSA) is 38.1 Å². The van der Waals surface area contributed by atoms with Crippen molar-refractivity contribution >= 4 is 23.5 Å². The van der Waals surface area contributed by atoms with Gasteiger partial charge in [-0.2, -0.15) is 0 Å². The second-order valence-corrected chi connectivity index (χ2v) is 9.54. The van der Waals surface area contributed by atoms with E-state index in [0.717, 1.165) is 11.6 Å². The van der Waals surface area contributed by atoms with Gasteiger partial charge in [-0.3, -0.25) is 4.72 Å². The van der Waals surface area contributed by atoms with E-state index < -0.39 is 11.6 Å². The zero-order valence-electron chi connectivity index (χ0n) is 15.8. The molecular formula is C21H21ClF2N2OS. The molecule has 2 aromatic carbocycles. The van der Waals surface area contributed by atoms with Crippen LogP contribution >= 0.6 is 23.5 Å². The molecule has 1 unspecified atom stereocenters. The molecule has 0 bridgehead atoms. The first-order valence-electron chi connectivity index (χ1n) is 8.80. The highest BCUT2D eigenvalue weighted by Gasteiger charge is 2.22. The van der Waals surface area contributed by atoms with Crippen LogP contribution in [0.5, 0.6) is 0 Å². The summed E-state index contributed by atoms with van der Waals surface area (Å²) in [7, 11) is 0. The van der Waals surface area contributed by atoms with E-state index in [9.17, 15) is 8.78 Å². The Labute approximate surface area is 172 Å². The SMILES string of the molecule is CC(C)(C)SNC(Cc1cc(F)cc(F)c1)c1cnc(-c2ccc(Cl)cc2)o1. The van der Waals surface area contributed by atoms with Crippen LogP contribution in [0.25, 0.3) is 11.5 Å². The predicted molar refractivity (Wildman–Crippen MR) is 110 cm³/mol. The first kappa shape index (κ1) is 20.8. The van der Waals surface area contributed by atoms with Crippen molar-refractivity contribution in [3.63, 3.8) is 0 Å². The van der Waals surface area contributed by atoms with Gasteiger partial charge in [0.05, 0.1) is 12.2 Å². The van der Waals surface area contributed by atoms with Crippen LogP contribution in [0, 0.1) is 11.6 Å². The van der Waals surface area contributed by atoms with E-state index in [0.29, 0.717) is 28.7 Å². The number of nitrogens with one attached hydrogen (secondary N) is 1. The highest BCUT2D eigenvalue weighted by Crippen LogP contribution is 2.30. The number of oxazole rings is 1. The average molecular weight is 423 g/mol. The van der Waals surface area contributed by atoms with Crippen LogP contribution in [0.2, 0.25) is 5.02 Å². The summed E-state index contributed by atoms with van der Waals surface area (Å²) in [5.74, 6) is -0.149. The summed E-state index contributed by atoms with van der Waals surface area (Å²) in [6, 6.07) is 10.4. The van der Waals surface area contributed by atoms with Gasteiger partial charge in [-0.1, -0.05) is 23.5 Å². The smallest absolute Gasteiger partial charge is 0.226 e. The Morgan fingerprint density at radius 2 is 1.75 bits per heavy atom. The van der Waals surface area contributed by atoms with Crippen LogP contribution in [0.15, 0.2) is 53.1 Å². The molecule has 28 heavy (non-hydrogen) atoms. The first-order chi connectivity index (χ1) is 13.2. The monoisotopic (exact) mass is 422 g/mol. The molecule has 0 saturated carbocycles. The molecule has 7 heteroatoms. The molecule has 0 aliphatic carbocycles. The number of benzene rings is 2. The molecule has 0 radical (unpaired) electrons. The summed E-state index contributed by atoms with van der Waals surface area (Å²) in [4.78, 5) is 4.35. The minimum Gasteiger partial charge on any atom is -0.439 e. The first-order valence-corrected chi connectivity index (χ1v) is 9.99. The van der Waals surface area contributed by atoms with Crippen molar-refractivity contribution in [1.29, 1.82) is 0 Å². The number of hydrogen-bond acceptors (Lipinski definition) is 4. The van der Waals surface area contributed by atoms with Gasteiger partial charge in [0.25, 0.3) is 0 Å². The van der Waals surface area contributed by atoms with E-state index in [4.69, 9.17) is 16.0 Å². The lowest BCUT2D eigenvalue weighted by molar-refractivity contribution is 0.457. The maximum atomic E-state index is 13.6. The van der Waals surface area contributed by atoms with Gasteiger partial charge in [0.1, 0.15) is 17.4 Å². The Hall–Kier alpha value is -1.89. The maximum absolute atomic E-state index is 13.6. The van der Waals surface area contributed by atoms with Crippen molar-refractivity contribution in [2.45, 2.75) is 38.0 Å². The zero-order chi connectivity index (χ0) is 20.3. The lowest BCUT2D eigenvalue weighted by atomic mass is 10.0. The van der Waals surface area contributed by atoms with Gasteiger partial charge in [0.15, 0.2) is 0 Å². The van der Waals surface area contributed by atoms with E-state index in [1.165, 1.54) is 24.1 Å². The Bertz CT molecular complexity index is 918. The van der Waals surface area contributed by atoms with Gasteiger partial charge in [0.2, 0.25) is 5.89 Å². The van der Waals surface area contributed by atoms with Gasteiger partial charge < -0.3 is 4.42 Å². The fourth-order valence-electron chi connectivity index (χ4n) is 2.59. The van der Waals surface area contributed by atoms with Gasteiger partial charge in [-0.15, -0.1) is 0 Å². The highest BCUT2D eigenvalue weighted by molar-refractivity contribution is 7.98. The Balaban J connectivity index is 1.86. The second kappa shape index (κ2) is 8.64. The number of rotatable bonds is 6. The normalized spacial score (nSPS) is 12.9. The molecule has 0 aliphatic rings. The van der Waals surface area contributed by atoms with Crippen LogP contribution in [-0.4, -0.2) is 9.73 Å². The van der Waals surface area contributed by atoms with Crippen molar-refractivity contribution < 1.29 is 13.2 Å². The third-order valence-electron chi connectivity index (χ3n) is 3.83. The summed E-state index contributed by atoms with van der Waals surface area (Å²) in [6.07, 6.45) is 1.99. The molecule has 148 valence electrons. The summed E-state index contributed by atoms with van der Waals surface area (Å²) in [5, 5.41) is 0.629. The number of hydrogen-bond donors (Lipinski definition) is 1. The molecule has 0 fully saturated rings. The maximum Gasteiger partial charge on any atom is 0.226 e. The minimum absolute atomic E-state index is 0.0511. The fraction of sp³-hybridized carbons (Fsp3) is 0.286. The lowest BCUT2D eigenvalue weighted by Crippen LogP contribution is -2.23. The summed E-state index contributed by atoms with van der Waals surface area (Å²) < 4.78 is 36.5. The molecule has 0 spiro atoms. The Kier molecular flexibility index (Phi) is 6.43. The van der Waals surface area contributed by atoms with Crippen LogP contribution in [0.4, 0.5) is 8.78 Å². The molecule has 0 aliphatic heterocycles. The summed E-state index contributed by atoms with van der Waals surface area (Å²) in [5.41, 5.74) is 1.34. The largest absolute Gasteiger partial charge is 0.439 e. The van der Waals surface area contributed by atoms with Crippen molar-refractivity contribution in [3.8, 4) is 11.5 Å². The number of nitrogens with zero attached hydrogens (tertiary/aromatic N) is 1. The van der Waals surface area contributed by atoms with Crippen LogP contribution in [0.1, 0.15) is 38.1 Å². The van der Waals surface area contributed by atoms with Gasteiger partial charge in [-0.25, -0.2) is 13.8 Å². The highest BCUT2D eigenvalue weighted by atomic mass is 35.5. The predicted octanol–water partition coefficient (Wildman–Crippen LogP) is 6.59. The molecule has 1 atom stereocenters. The van der Waals surface area contributed by atoms with E-state index in [1.54, 1.807) is 18.3 Å². The van der Waals surface area contributed by atoms with E-state index >= 15 is 0 Å². The molecule has 3 nitrogen and oxygen atoms in total. The molecule has 3 aromatic rings. The fourth-order valence-corrected chi connectivity index (χ4v) is 3.41. The molecular weight excluding hydrogens is 402 g/mol. The van der Waals surface area contributed by atoms with Crippen LogP contribution in [0.3, 0.4) is 0 Å². The van der Waals surface area contributed by atoms with E-state index in [1.807, 2.05) is 12.1 Å². The second-order valence-electron chi connectivity index (χ2n) is 7.44. The quantitative estimate of drug-likeness (QED) is 0.454. The van der Waals surface area contributed by atoms with Crippen molar-refractivity contribution in [2.75, 3.05) is 0 Å². The third kappa shape index (κ3) is 5.80. The number of aromatic nitrogens is 1. The average Bonchev–Trinajstić information content (AvgIpc) is 3.07. The standard InChI is InChI=1S/C21H21ClF2N2OS/c1-21(2,3)28-26-18(10-13-8-16(23)11-17(24)9-13)19-12-25-20(27-19)14-4-6-15(22)7-5-14/h4-9,11-12,18,26H,10H2,1-3H3. The lowest BCUT2D eigenvalue weighted by Gasteiger charge is -2.23. The summed E-state index contributed by atoms with van der Waals surface area (Å²) in [6.45, 7) is 6.22. The molecule has 0 amide bonds. The minimum atomic E-state index is -0.600. The molecule has 1 heterocycles. The van der Waals surface area contributed by atoms with E-state index in [2.05, 4.69) is 30.5 Å². The molecule has 1 N–H and O–H groups in total. The molecule has 3 rings (SSSR count). The van der Waals surface area contributed by atoms with Crippen molar-refractivity contribution in [3.05, 3.63) is 76.6 Å². The third-order valence-corrected chi connectivity index (χ3v) is 5.09. The summed E-state index contributed by atoms with van der Waals surface area (Å²) >= 11 is 7.46. The Morgan fingerprint density at radius 3 is 2.36 bits per heavy atom. The van der Waals surface area contributed by atoms with Crippen LogP contribution < -0.4 is 4.72 Å². The van der Waals surface area contributed by atoms with Gasteiger partial charge in [0, 0.05) is 21.4 Å². The Morgan fingerprint density at radius 1 is 1.11 bits per heavy atom. The number of halogens is 3. The van der Waals surface area contributed by atoms with Gasteiger partial charge in [-0.05, 0) is 69.2 Å². The van der Waals surface area contributed by atoms with Crippen LogP contribution in [-0.2, 0) is 6.42 Å². The van der Waals surface area contributed by atoms with Gasteiger partial charge >= 0.3 is 0 Å². The van der Waals surface area contributed by atoms with E-state index in [-0.39, 0.29) is 10.8 Å². The molecule has 0 saturated heterocycles. The van der Waals surface area contributed by atoms with Crippen molar-refractivity contribution in [1.82, 2.24) is 9.71 Å². The molecule has 1 aromatic heterocycles. The zero-order valence-corrected chi connectivity index (χ0v) is 17.4. The van der Waals surface area contributed by atoms with Crippen molar-refractivity contribution in [2.24, 2.45) is 0 Å².